The second-order valence-electron chi connectivity index (χ2n) is 5.01. The van der Waals surface area contributed by atoms with Crippen molar-refractivity contribution in [3.8, 4) is 17.3 Å². The molecule has 2 nitrogen and oxygen atoms in total. The Kier molecular flexibility index (Phi) is 5.37. The van der Waals surface area contributed by atoms with Gasteiger partial charge in [0.25, 0.3) is 0 Å². The third-order valence-electron chi connectivity index (χ3n) is 3.35. The van der Waals surface area contributed by atoms with Gasteiger partial charge in [-0.1, -0.05) is 70.5 Å². The third kappa shape index (κ3) is 4.08. The summed E-state index contributed by atoms with van der Waals surface area (Å²) in [5.74, 6) is 0. The van der Waals surface area contributed by atoms with Crippen LogP contribution < -0.4 is 0 Å². The van der Waals surface area contributed by atoms with Crippen molar-refractivity contribution in [1.82, 2.24) is 4.98 Å². The molecule has 116 valence electrons. The number of allylic oxidation sites excluding steroid dienone is 3. The normalized spacial score (nSPS) is 11.6. The average Bonchev–Trinajstić information content (AvgIpc) is 3.10. The largest absolute Gasteiger partial charge is 0.235 e. The van der Waals surface area contributed by atoms with Gasteiger partial charge in [0.15, 0.2) is 0 Å². The molecule has 3 rings (SSSR count). The SMILES string of the molecule is N#C/C(=C/C=C\c1ccccc1)c1nc(-c2ccc(Br)cc2)cs1. The van der Waals surface area contributed by atoms with Crippen LogP contribution in [0.5, 0.6) is 0 Å². The number of aromatic nitrogens is 1. The molecule has 0 bridgehead atoms. The summed E-state index contributed by atoms with van der Waals surface area (Å²) in [6.07, 6.45) is 5.66. The summed E-state index contributed by atoms with van der Waals surface area (Å²) >= 11 is 4.91. The van der Waals surface area contributed by atoms with Crippen molar-refractivity contribution < 1.29 is 0 Å². The van der Waals surface area contributed by atoms with Crippen LogP contribution >= 0.6 is 27.3 Å². The number of hydrogen-bond donors (Lipinski definition) is 0. The predicted molar refractivity (Wildman–Crippen MR) is 104 cm³/mol. The molecule has 0 unspecified atom stereocenters. The van der Waals surface area contributed by atoms with E-state index in [2.05, 4.69) is 27.0 Å². The first-order valence-corrected chi connectivity index (χ1v) is 8.99. The standard InChI is InChI=1S/C20H13BrN2S/c21-18-11-9-16(10-12-18)19-14-24-20(23-19)17(13-22)8-4-7-15-5-2-1-3-6-15/h1-12,14H/b7-4-,17-8-. The van der Waals surface area contributed by atoms with E-state index >= 15 is 0 Å². The monoisotopic (exact) mass is 392 g/mol. The molecule has 2 aromatic carbocycles. The zero-order valence-corrected chi connectivity index (χ0v) is 15.1. The molecule has 0 aliphatic rings. The van der Waals surface area contributed by atoms with E-state index in [9.17, 15) is 5.26 Å². The number of halogens is 1. The van der Waals surface area contributed by atoms with Gasteiger partial charge in [0.1, 0.15) is 11.1 Å². The van der Waals surface area contributed by atoms with Crippen LogP contribution in [0.2, 0.25) is 0 Å². The van der Waals surface area contributed by atoms with E-state index in [-0.39, 0.29) is 0 Å². The fraction of sp³-hybridized carbons (Fsp3) is 0. The van der Waals surface area contributed by atoms with Gasteiger partial charge in [-0.15, -0.1) is 11.3 Å². The summed E-state index contributed by atoms with van der Waals surface area (Å²) in [6, 6.07) is 20.2. The van der Waals surface area contributed by atoms with Crippen LogP contribution in [0, 0.1) is 11.3 Å². The number of hydrogen-bond acceptors (Lipinski definition) is 3. The number of thiazole rings is 1. The first kappa shape index (κ1) is 16.4. The first-order chi connectivity index (χ1) is 11.8. The lowest BCUT2D eigenvalue weighted by Crippen LogP contribution is -1.82. The molecular weight excluding hydrogens is 380 g/mol. The number of benzene rings is 2. The molecule has 0 radical (unpaired) electrons. The Balaban J connectivity index is 1.82. The second kappa shape index (κ2) is 7.87. The summed E-state index contributed by atoms with van der Waals surface area (Å²) in [7, 11) is 0. The minimum Gasteiger partial charge on any atom is -0.235 e. The minimum atomic E-state index is 0.565. The lowest BCUT2D eigenvalue weighted by molar-refractivity contribution is 1.36. The quantitative estimate of drug-likeness (QED) is 0.391. The lowest BCUT2D eigenvalue weighted by atomic mass is 10.2. The first-order valence-electron chi connectivity index (χ1n) is 7.31. The molecular formula is C20H13BrN2S. The molecule has 0 aliphatic carbocycles. The zero-order valence-electron chi connectivity index (χ0n) is 12.7. The number of rotatable bonds is 4. The van der Waals surface area contributed by atoms with E-state index in [1.807, 2.05) is 72.1 Å². The topological polar surface area (TPSA) is 36.7 Å². The predicted octanol–water partition coefficient (Wildman–Crippen LogP) is 6.19. The molecule has 0 aliphatic heterocycles. The Bertz CT molecular complexity index is 916. The van der Waals surface area contributed by atoms with Gasteiger partial charge < -0.3 is 0 Å². The molecule has 3 aromatic rings. The summed E-state index contributed by atoms with van der Waals surface area (Å²) < 4.78 is 1.03. The Morgan fingerprint density at radius 2 is 1.83 bits per heavy atom. The van der Waals surface area contributed by atoms with Crippen molar-refractivity contribution in [2.75, 3.05) is 0 Å². The Labute approximate surface area is 153 Å². The van der Waals surface area contributed by atoms with Crippen molar-refractivity contribution >= 4 is 38.9 Å². The van der Waals surface area contributed by atoms with Gasteiger partial charge in [0.05, 0.1) is 11.3 Å². The molecule has 1 heterocycles. The van der Waals surface area contributed by atoms with Gasteiger partial charge in [0.2, 0.25) is 0 Å². The van der Waals surface area contributed by atoms with Gasteiger partial charge >= 0.3 is 0 Å². The Morgan fingerprint density at radius 3 is 2.54 bits per heavy atom. The highest BCUT2D eigenvalue weighted by molar-refractivity contribution is 9.10. The van der Waals surface area contributed by atoms with E-state index in [0.717, 1.165) is 26.3 Å². The Hall–Kier alpha value is -2.48. The van der Waals surface area contributed by atoms with E-state index in [0.29, 0.717) is 5.57 Å². The smallest absolute Gasteiger partial charge is 0.134 e. The van der Waals surface area contributed by atoms with Crippen molar-refractivity contribution in [2.45, 2.75) is 0 Å². The van der Waals surface area contributed by atoms with Crippen LogP contribution in [0.3, 0.4) is 0 Å². The highest BCUT2D eigenvalue weighted by Crippen LogP contribution is 2.27. The van der Waals surface area contributed by atoms with Crippen LogP contribution in [-0.2, 0) is 0 Å². The van der Waals surface area contributed by atoms with Crippen molar-refractivity contribution in [2.24, 2.45) is 0 Å². The van der Waals surface area contributed by atoms with E-state index in [1.54, 1.807) is 6.08 Å². The molecule has 1 aromatic heterocycles. The highest BCUT2D eigenvalue weighted by atomic mass is 79.9. The molecule has 24 heavy (non-hydrogen) atoms. The highest BCUT2D eigenvalue weighted by Gasteiger charge is 2.08. The van der Waals surface area contributed by atoms with Crippen LogP contribution in [0.4, 0.5) is 0 Å². The molecule has 0 saturated heterocycles. The van der Waals surface area contributed by atoms with Gasteiger partial charge in [-0.25, -0.2) is 4.98 Å². The van der Waals surface area contributed by atoms with E-state index in [1.165, 1.54) is 11.3 Å². The van der Waals surface area contributed by atoms with Gasteiger partial charge in [-0.2, -0.15) is 5.26 Å². The molecule has 0 atom stereocenters. The van der Waals surface area contributed by atoms with Crippen LogP contribution in [0.1, 0.15) is 10.6 Å². The maximum absolute atomic E-state index is 9.40. The van der Waals surface area contributed by atoms with Crippen molar-refractivity contribution in [3.63, 3.8) is 0 Å². The fourth-order valence-corrected chi connectivity index (χ4v) is 3.19. The second-order valence-corrected chi connectivity index (χ2v) is 6.78. The minimum absolute atomic E-state index is 0.565. The summed E-state index contributed by atoms with van der Waals surface area (Å²) in [5, 5.41) is 12.1. The molecule has 4 heteroatoms. The summed E-state index contributed by atoms with van der Waals surface area (Å²) in [5.41, 5.74) is 3.59. The van der Waals surface area contributed by atoms with Crippen molar-refractivity contribution in [3.05, 3.63) is 87.2 Å². The zero-order chi connectivity index (χ0) is 16.8. The summed E-state index contributed by atoms with van der Waals surface area (Å²) in [4.78, 5) is 4.59. The molecule has 0 amide bonds. The summed E-state index contributed by atoms with van der Waals surface area (Å²) in [6.45, 7) is 0. The van der Waals surface area contributed by atoms with Gasteiger partial charge in [0, 0.05) is 15.4 Å². The molecule has 0 saturated carbocycles. The molecule has 0 fully saturated rings. The maximum Gasteiger partial charge on any atom is 0.134 e. The van der Waals surface area contributed by atoms with Gasteiger partial charge in [-0.3, -0.25) is 0 Å². The lowest BCUT2D eigenvalue weighted by Gasteiger charge is -1.96. The maximum atomic E-state index is 9.40. The van der Waals surface area contributed by atoms with E-state index in [4.69, 9.17) is 0 Å². The number of nitriles is 1. The van der Waals surface area contributed by atoms with Crippen molar-refractivity contribution in [1.29, 1.82) is 5.26 Å². The van der Waals surface area contributed by atoms with Crippen LogP contribution in [0.15, 0.2) is 76.6 Å². The molecule has 0 N–H and O–H groups in total. The van der Waals surface area contributed by atoms with Crippen LogP contribution in [0.25, 0.3) is 22.9 Å². The fourth-order valence-electron chi connectivity index (χ4n) is 2.13. The Morgan fingerprint density at radius 1 is 1.08 bits per heavy atom. The van der Waals surface area contributed by atoms with Crippen LogP contribution in [-0.4, -0.2) is 4.98 Å². The average molecular weight is 393 g/mol. The number of nitrogens with zero attached hydrogens (tertiary/aromatic N) is 2. The third-order valence-corrected chi connectivity index (χ3v) is 4.75. The molecule has 0 spiro atoms. The van der Waals surface area contributed by atoms with E-state index < -0.39 is 0 Å². The van der Waals surface area contributed by atoms with Gasteiger partial charge in [-0.05, 0) is 23.8 Å².